The molecule has 1 rings (SSSR count). The smallest absolute Gasteiger partial charge is 0.161 e. The second-order valence-electron chi connectivity index (χ2n) is 3.62. The molecule has 0 radical (unpaired) electrons. The third kappa shape index (κ3) is 3.61. The van der Waals surface area contributed by atoms with E-state index in [0.29, 0.717) is 13.2 Å². The molecule has 1 atom stereocenters. The van der Waals surface area contributed by atoms with Crippen molar-refractivity contribution in [3.63, 3.8) is 0 Å². The zero-order chi connectivity index (χ0) is 12.7. The lowest BCUT2D eigenvalue weighted by Gasteiger charge is -2.18. The lowest BCUT2D eigenvalue weighted by atomic mass is 10.1. The molecule has 0 aliphatic rings. The molecule has 4 nitrogen and oxygen atoms in total. The molecule has 17 heavy (non-hydrogen) atoms. The highest BCUT2D eigenvalue weighted by molar-refractivity contribution is 5.43. The van der Waals surface area contributed by atoms with E-state index in [0.717, 1.165) is 17.1 Å². The molecule has 0 aliphatic carbocycles. The summed E-state index contributed by atoms with van der Waals surface area (Å²) in [6.45, 7) is 3.34. The Morgan fingerprint density at radius 3 is 2.41 bits per heavy atom. The van der Waals surface area contributed by atoms with Crippen LogP contribution in [-0.4, -0.2) is 34.5 Å². The number of methoxy groups -OCH3 is 2. The summed E-state index contributed by atoms with van der Waals surface area (Å²) in [6.07, 6.45) is 0. The Kier molecular flexibility index (Phi) is 5.80. The first-order valence-corrected chi connectivity index (χ1v) is 5.73. The molecule has 0 fully saturated rings. The Hall–Kier alpha value is -1.26. The van der Waals surface area contributed by atoms with Gasteiger partial charge in [-0.25, -0.2) is 0 Å². The Morgan fingerprint density at radius 2 is 1.88 bits per heavy atom. The minimum absolute atomic E-state index is 0.162. The predicted octanol–water partition coefficient (Wildman–Crippen LogP) is 2.00. The van der Waals surface area contributed by atoms with E-state index < -0.39 is 0 Å². The van der Waals surface area contributed by atoms with E-state index in [-0.39, 0.29) is 6.04 Å². The summed E-state index contributed by atoms with van der Waals surface area (Å²) in [6, 6.07) is 6.06. The lowest BCUT2D eigenvalue weighted by Crippen LogP contribution is -2.21. The van der Waals surface area contributed by atoms with Gasteiger partial charge in [0.25, 0.3) is 0 Å². The quantitative estimate of drug-likeness (QED) is 0.790. The second-order valence-corrected chi connectivity index (χ2v) is 3.62. The van der Waals surface area contributed by atoms with Crippen LogP contribution in [0.1, 0.15) is 18.5 Å². The highest BCUT2D eigenvalue weighted by Gasteiger charge is 2.12. The van der Waals surface area contributed by atoms with Crippen molar-refractivity contribution in [2.24, 2.45) is 0 Å². The van der Waals surface area contributed by atoms with E-state index in [9.17, 15) is 0 Å². The molecule has 1 unspecified atom stereocenters. The number of likely N-dealkylation sites (N-methyl/N-ethyl adjacent to an activating group) is 1. The summed E-state index contributed by atoms with van der Waals surface area (Å²) in [5, 5.41) is 3.22. The standard InChI is InChI=1S/C13H21NO3/c1-5-17-9-11(14-2)10-6-7-12(15-3)13(8-10)16-4/h6-8,11,14H,5,9H2,1-4H3. The monoisotopic (exact) mass is 239 g/mol. The molecule has 1 aromatic rings. The Morgan fingerprint density at radius 1 is 1.18 bits per heavy atom. The fourth-order valence-electron chi connectivity index (χ4n) is 1.65. The zero-order valence-electron chi connectivity index (χ0n) is 10.9. The molecule has 0 aliphatic heterocycles. The van der Waals surface area contributed by atoms with Crippen molar-refractivity contribution in [3.05, 3.63) is 23.8 Å². The maximum absolute atomic E-state index is 5.44. The van der Waals surface area contributed by atoms with Gasteiger partial charge in [-0.2, -0.15) is 0 Å². The molecule has 0 amide bonds. The van der Waals surface area contributed by atoms with Gasteiger partial charge in [-0.3, -0.25) is 0 Å². The highest BCUT2D eigenvalue weighted by Crippen LogP contribution is 2.29. The van der Waals surface area contributed by atoms with Crippen LogP contribution in [0.4, 0.5) is 0 Å². The molecule has 1 aromatic carbocycles. The van der Waals surface area contributed by atoms with Gasteiger partial charge in [-0.15, -0.1) is 0 Å². The minimum atomic E-state index is 0.162. The number of ether oxygens (including phenoxy) is 3. The number of nitrogens with one attached hydrogen (secondary N) is 1. The zero-order valence-corrected chi connectivity index (χ0v) is 10.9. The van der Waals surface area contributed by atoms with E-state index >= 15 is 0 Å². The normalized spacial score (nSPS) is 12.2. The fourth-order valence-corrected chi connectivity index (χ4v) is 1.65. The van der Waals surface area contributed by atoms with E-state index in [1.807, 2.05) is 32.2 Å². The van der Waals surface area contributed by atoms with Crippen molar-refractivity contribution in [1.82, 2.24) is 5.32 Å². The molecule has 0 spiro atoms. The van der Waals surface area contributed by atoms with Crippen LogP contribution < -0.4 is 14.8 Å². The van der Waals surface area contributed by atoms with Crippen LogP contribution in [0.25, 0.3) is 0 Å². The average Bonchev–Trinajstić information content (AvgIpc) is 2.39. The van der Waals surface area contributed by atoms with Crippen LogP contribution in [0.2, 0.25) is 0 Å². The maximum Gasteiger partial charge on any atom is 0.161 e. The van der Waals surface area contributed by atoms with Crippen molar-refractivity contribution in [1.29, 1.82) is 0 Å². The van der Waals surface area contributed by atoms with Gasteiger partial charge in [-0.1, -0.05) is 6.07 Å². The topological polar surface area (TPSA) is 39.7 Å². The van der Waals surface area contributed by atoms with Crippen LogP contribution >= 0.6 is 0 Å². The molecule has 1 N–H and O–H groups in total. The molecule has 0 heterocycles. The van der Waals surface area contributed by atoms with Crippen LogP contribution in [0.5, 0.6) is 11.5 Å². The Balaban J connectivity index is 2.88. The molecule has 0 aromatic heterocycles. The summed E-state index contributed by atoms with van der Waals surface area (Å²) in [7, 11) is 5.19. The highest BCUT2D eigenvalue weighted by atomic mass is 16.5. The maximum atomic E-state index is 5.44. The largest absolute Gasteiger partial charge is 0.493 e. The van der Waals surface area contributed by atoms with Gasteiger partial charge in [0.2, 0.25) is 0 Å². The molecule has 0 saturated heterocycles. The van der Waals surface area contributed by atoms with Crippen molar-refractivity contribution < 1.29 is 14.2 Å². The van der Waals surface area contributed by atoms with E-state index in [1.54, 1.807) is 14.2 Å². The number of rotatable bonds is 7. The summed E-state index contributed by atoms with van der Waals surface area (Å²) in [5.74, 6) is 1.48. The molecule has 96 valence electrons. The van der Waals surface area contributed by atoms with Gasteiger partial charge in [-0.05, 0) is 31.7 Å². The molecular weight excluding hydrogens is 218 g/mol. The van der Waals surface area contributed by atoms with Gasteiger partial charge in [0.15, 0.2) is 11.5 Å². The summed E-state index contributed by atoms with van der Waals surface area (Å²) in [4.78, 5) is 0. The van der Waals surface area contributed by atoms with Crippen LogP contribution in [-0.2, 0) is 4.74 Å². The van der Waals surface area contributed by atoms with E-state index in [1.165, 1.54) is 0 Å². The Bertz CT molecular complexity index is 341. The van der Waals surface area contributed by atoms with Gasteiger partial charge in [0, 0.05) is 6.61 Å². The number of benzene rings is 1. The molecular formula is C13H21NO3. The van der Waals surface area contributed by atoms with Crippen molar-refractivity contribution in [2.75, 3.05) is 34.5 Å². The first kappa shape index (κ1) is 13.8. The van der Waals surface area contributed by atoms with Crippen molar-refractivity contribution >= 4 is 0 Å². The Labute approximate surface area is 103 Å². The van der Waals surface area contributed by atoms with Crippen molar-refractivity contribution in [3.8, 4) is 11.5 Å². The van der Waals surface area contributed by atoms with Gasteiger partial charge < -0.3 is 19.5 Å². The van der Waals surface area contributed by atoms with E-state index in [2.05, 4.69) is 5.32 Å². The average molecular weight is 239 g/mol. The predicted molar refractivity (Wildman–Crippen MR) is 67.8 cm³/mol. The molecule has 0 bridgehead atoms. The summed E-state index contributed by atoms with van der Waals surface area (Å²) >= 11 is 0. The molecule has 4 heteroatoms. The van der Waals surface area contributed by atoms with Gasteiger partial charge in [0.05, 0.1) is 26.9 Å². The SMILES string of the molecule is CCOCC(NC)c1ccc(OC)c(OC)c1. The first-order valence-electron chi connectivity index (χ1n) is 5.73. The number of hydrogen-bond donors (Lipinski definition) is 1. The van der Waals surface area contributed by atoms with E-state index in [4.69, 9.17) is 14.2 Å². The van der Waals surface area contributed by atoms with Crippen LogP contribution in [0, 0.1) is 0 Å². The van der Waals surface area contributed by atoms with Crippen LogP contribution in [0.15, 0.2) is 18.2 Å². The minimum Gasteiger partial charge on any atom is -0.493 e. The molecule has 0 saturated carbocycles. The van der Waals surface area contributed by atoms with Gasteiger partial charge in [0.1, 0.15) is 0 Å². The summed E-state index contributed by atoms with van der Waals surface area (Å²) in [5.41, 5.74) is 1.12. The second kappa shape index (κ2) is 7.14. The number of hydrogen-bond acceptors (Lipinski definition) is 4. The summed E-state index contributed by atoms with van der Waals surface area (Å²) < 4.78 is 15.9. The fraction of sp³-hybridized carbons (Fsp3) is 0.538. The third-order valence-corrected chi connectivity index (χ3v) is 2.65. The van der Waals surface area contributed by atoms with Gasteiger partial charge >= 0.3 is 0 Å². The third-order valence-electron chi connectivity index (χ3n) is 2.65. The first-order chi connectivity index (χ1) is 8.26. The van der Waals surface area contributed by atoms with Crippen molar-refractivity contribution in [2.45, 2.75) is 13.0 Å². The van der Waals surface area contributed by atoms with Crippen LogP contribution in [0.3, 0.4) is 0 Å². The lowest BCUT2D eigenvalue weighted by molar-refractivity contribution is 0.125.